The summed E-state index contributed by atoms with van der Waals surface area (Å²) in [6.07, 6.45) is 4.09. The van der Waals surface area contributed by atoms with Crippen LogP contribution in [0.1, 0.15) is 24.0 Å². The maximum atomic E-state index is 13.4. The summed E-state index contributed by atoms with van der Waals surface area (Å²) < 4.78 is 13.4. The number of hydroxylamine groups is 2. The summed E-state index contributed by atoms with van der Waals surface area (Å²) in [5, 5.41) is 5.31. The second kappa shape index (κ2) is 10.0. The normalized spacial score (nSPS) is 15.1. The summed E-state index contributed by atoms with van der Waals surface area (Å²) in [4.78, 5) is 10.8. The van der Waals surface area contributed by atoms with Crippen LogP contribution in [-0.2, 0) is 4.84 Å². The molecule has 0 bridgehead atoms. The Labute approximate surface area is 182 Å². The van der Waals surface area contributed by atoms with Gasteiger partial charge in [-0.25, -0.2) is 14.4 Å². The molecule has 1 saturated heterocycles. The van der Waals surface area contributed by atoms with Crippen molar-refractivity contribution in [3.8, 4) is 0 Å². The molecule has 1 aliphatic heterocycles. The number of benzene rings is 3. The summed E-state index contributed by atoms with van der Waals surface area (Å²) in [6.45, 7) is 3.52. The summed E-state index contributed by atoms with van der Waals surface area (Å²) in [5.41, 5.74) is 4.70. The lowest BCUT2D eigenvalue weighted by atomic mass is 10.0. The zero-order valence-electron chi connectivity index (χ0n) is 17.6. The van der Waals surface area contributed by atoms with Crippen LogP contribution in [0.4, 0.5) is 15.8 Å². The van der Waals surface area contributed by atoms with E-state index in [9.17, 15) is 4.39 Å². The van der Waals surface area contributed by atoms with Crippen molar-refractivity contribution in [1.29, 1.82) is 0 Å². The summed E-state index contributed by atoms with van der Waals surface area (Å²) in [6, 6.07) is 24.4. The van der Waals surface area contributed by atoms with Gasteiger partial charge in [0, 0.05) is 29.6 Å². The monoisotopic (exact) mass is 415 g/mol. The van der Waals surface area contributed by atoms with Gasteiger partial charge in [0.2, 0.25) is 0 Å². The molecule has 4 rings (SSSR count). The van der Waals surface area contributed by atoms with Crippen LogP contribution in [0.2, 0.25) is 0 Å². The van der Waals surface area contributed by atoms with Gasteiger partial charge in [0.15, 0.2) is 5.84 Å². The standard InChI is InChI=1S/C26H26FN3O/c1-20-9-5-6-12-24(20)25(28-23-15-13-21(27)14-16-23)19-26(30-17-7-8-18-31-30)29-22-10-3-2-4-11-22/h2-6,9-16,19,28H,7-8,17-18H2,1H3/b25-19-,29-26?. The number of rotatable bonds is 5. The molecule has 3 aromatic carbocycles. The van der Waals surface area contributed by atoms with Crippen LogP contribution in [0.3, 0.4) is 0 Å². The highest BCUT2D eigenvalue weighted by molar-refractivity contribution is 6.02. The van der Waals surface area contributed by atoms with E-state index in [1.807, 2.05) is 53.6 Å². The van der Waals surface area contributed by atoms with Gasteiger partial charge in [0.05, 0.1) is 12.3 Å². The van der Waals surface area contributed by atoms with Gasteiger partial charge in [0.1, 0.15) is 5.82 Å². The van der Waals surface area contributed by atoms with Crippen molar-refractivity contribution < 1.29 is 9.23 Å². The maximum Gasteiger partial charge on any atom is 0.155 e. The van der Waals surface area contributed by atoms with Crippen LogP contribution in [0, 0.1) is 12.7 Å². The third-order valence-electron chi connectivity index (χ3n) is 5.09. The van der Waals surface area contributed by atoms with Gasteiger partial charge in [-0.1, -0.05) is 42.5 Å². The van der Waals surface area contributed by atoms with E-state index in [4.69, 9.17) is 9.83 Å². The fourth-order valence-electron chi connectivity index (χ4n) is 3.45. The van der Waals surface area contributed by atoms with Crippen molar-refractivity contribution in [1.82, 2.24) is 5.06 Å². The zero-order chi connectivity index (χ0) is 21.5. The maximum absolute atomic E-state index is 13.4. The van der Waals surface area contributed by atoms with Crippen molar-refractivity contribution in [2.24, 2.45) is 4.99 Å². The quantitative estimate of drug-likeness (QED) is 0.390. The molecule has 1 heterocycles. The highest BCUT2D eigenvalue weighted by Gasteiger charge is 2.17. The first-order valence-electron chi connectivity index (χ1n) is 10.5. The number of anilines is 1. The van der Waals surface area contributed by atoms with Crippen LogP contribution in [0.15, 0.2) is 89.9 Å². The third-order valence-corrected chi connectivity index (χ3v) is 5.09. The minimum absolute atomic E-state index is 0.264. The Morgan fingerprint density at radius 1 is 0.968 bits per heavy atom. The average Bonchev–Trinajstić information content (AvgIpc) is 2.81. The van der Waals surface area contributed by atoms with Gasteiger partial charge >= 0.3 is 0 Å². The van der Waals surface area contributed by atoms with E-state index in [1.54, 1.807) is 12.1 Å². The molecule has 1 N–H and O–H groups in total. The van der Waals surface area contributed by atoms with E-state index in [0.717, 1.165) is 53.4 Å². The Morgan fingerprint density at radius 2 is 1.71 bits per heavy atom. The molecule has 0 amide bonds. The molecule has 0 spiro atoms. The topological polar surface area (TPSA) is 36.9 Å². The van der Waals surface area contributed by atoms with E-state index in [0.29, 0.717) is 6.61 Å². The number of hydrogen-bond donors (Lipinski definition) is 1. The van der Waals surface area contributed by atoms with Crippen molar-refractivity contribution in [2.75, 3.05) is 18.5 Å². The van der Waals surface area contributed by atoms with E-state index in [-0.39, 0.29) is 5.82 Å². The van der Waals surface area contributed by atoms with E-state index in [2.05, 4.69) is 24.4 Å². The molecule has 0 radical (unpaired) electrons. The van der Waals surface area contributed by atoms with E-state index in [1.165, 1.54) is 12.1 Å². The first-order chi connectivity index (χ1) is 15.2. The first-order valence-corrected chi connectivity index (χ1v) is 10.5. The summed E-state index contributed by atoms with van der Waals surface area (Å²) >= 11 is 0. The Hall–Kier alpha value is -3.44. The van der Waals surface area contributed by atoms with Crippen LogP contribution in [0.25, 0.3) is 5.70 Å². The molecule has 5 heteroatoms. The van der Waals surface area contributed by atoms with E-state index >= 15 is 0 Å². The summed E-state index contributed by atoms with van der Waals surface area (Å²) in [5.74, 6) is 0.457. The van der Waals surface area contributed by atoms with Gasteiger partial charge < -0.3 is 5.32 Å². The third kappa shape index (κ3) is 5.58. The van der Waals surface area contributed by atoms with Crippen molar-refractivity contribution >= 4 is 22.9 Å². The van der Waals surface area contributed by atoms with E-state index < -0.39 is 0 Å². The molecule has 0 unspecified atom stereocenters. The number of nitrogens with one attached hydrogen (secondary N) is 1. The minimum Gasteiger partial charge on any atom is -0.355 e. The molecule has 4 nitrogen and oxygen atoms in total. The number of aliphatic imine (C=N–C) groups is 1. The van der Waals surface area contributed by atoms with Gasteiger partial charge in [0.25, 0.3) is 0 Å². The van der Waals surface area contributed by atoms with Gasteiger partial charge in [-0.2, -0.15) is 0 Å². The molecule has 0 aromatic heterocycles. The molecular weight excluding hydrogens is 389 g/mol. The number of hydrogen-bond acceptors (Lipinski definition) is 3. The molecule has 0 atom stereocenters. The lowest BCUT2D eigenvalue weighted by Gasteiger charge is -2.28. The molecule has 1 aliphatic rings. The second-order valence-corrected chi connectivity index (χ2v) is 7.45. The predicted octanol–water partition coefficient (Wildman–Crippen LogP) is 6.34. The molecule has 31 heavy (non-hydrogen) atoms. The SMILES string of the molecule is Cc1ccccc1/C(=C/C(=Nc1ccccc1)N1CCCCO1)Nc1ccc(F)cc1. The molecule has 1 fully saturated rings. The molecule has 3 aromatic rings. The van der Waals surface area contributed by atoms with Crippen LogP contribution in [-0.4, -0.2) is 24.1 Å². The highest BCUT2D eigenvalue weighted by atomic mass is 19.1. The van der Waals surface area contributed by atoms with Crippen LogP contribution in [0.5, 0.6) is 0 Å². The van der Waals surface area contributed by atoms with Crippen LogP contribution < -0.4 is 5.32 Å². The van der Waals surface area contributed by atoms with Gasteiger partial charge in [-0.05, 0) is 61.7 Å². The molecule has 0 aliphatic carbocycles. The number of aryl methyl sites for hydroxylation is 1. The molecule has 158 valence electrons. The number of halogens is 1. The number of nitrogens with zero attached hydrogens (tertiary/aromatic N) is 2. The highest BCUT2D eigenvalue weighted by Crippen LogP contribution is 2.24. The lowest BCUT2D eigenvalue weighted by molar-refractivity contribution is -0.122. The number of para-hydroxylation sites is 1. The average molecular weight is 416 g/mol. The van der Waals surface area contributed by atoms with Crippen molar-refractivity contribution in [2.45, 2.75) is 19.8 Å². The van der Waals surface area contributed by atoms with Crippen molar-refractivity contribution in [3.63, 3.8) is 0 Å². The zero-order valence-corrected chi connectivity index (χ0v) is 17.6. The largest absolute Gasteiger partial charge is 0.355 e. The Kier molecular flexibility index (Phi) is 6.75. The van der Waals surface area contributed by atoms with Gasteiger partial charge in [-0.3, -0.25) is 4.84 Å². The van der Waals surface area contributed by atoms with Crippen LogP contribution >= 0.6 is 0 Å². The minimum atomic E-state index is -0.264. The number of amidine groups is 1. The second-order valence-electron chi connectivity index (χ2n) is 7.45. The Morgan fingerprint density at radius 3 is 2.42 bits per heavy atom. The Bertz CT molecular complexity index is 1060. The fraction of sp³-hybridized carbons (Fsp3) is 0.192. The summed E-state index contributed by atoms with van der Waals surface area (Å²) in [7, 11) is 0. The molecule has 0 saturated carbocycles. The van der Waals surface area contributed by atoms with Gasteiger partial charge in [-0.15, -0.1) is 0 Å². The first kappa shape index (κ1) is 20.8. The Balaban J connectivity index is 1.78. The lowest BCUT2D eigenvalue weighted by Crippen LogP contribution is -2.35. The fourth-order valence-corrected chi connectivity index (χ4v) is 3.45. The molecular formula is C26H26FN3O. The predicted molar refractivity (Wildman–Crippen MR) is 125 cm³/mol. The van der Waals surface area contributed by atoms with Crippen molar-refractivity contribution in [3.05, 3.63) is 102 Å². The smallest absolute Gasteiger partial charge is 0.155 e.